The molecule has 0 radical (unpaired) electrons. The molecule has 0 heterocycles. The Hall–Kier alpha value is -1.84. The molecular formula is C12H14O4. The van der Waals surface area contributed by atoms with Crippen molar-refractivity contribution in [1.82, 2.24) is 0 Å². The lowest BCUT2D eigenvalue weighted by molar-refractivity contribution is -0.131. The van der Waals surface area contributed by atoms with E-state index in [0.717, 1.165) is 5.56 Å². The molecule has 86 valence electrons. The molecule has 0 fully saturated rings. The van der Waals surface area contributed by atoms with E-state index < -0.39 is 11.8 Å². The predicted molar refractivity (Wildman–Crippen MR) is 58.9 cm³/mol. The lowest BCUT2D eigenvalue weighted by Crippen LogP contribution is -2.13. The second kappa shape index (κ2) is 4.79. The number of Topliss-reactive ketones (excluding diaryl/α,β-unsaturated/α-hetero) is 1. The van der Waals surface area contributed by atoms with Crippen LogP contribution in [0.3, 0.4) is 0 Å². The highest BCUT2D eigenvalue weighted by Gasteiger charge is 2.15. The summed E-state index contributed by atoms with van der Waals surface area (Å²) in [6, 6.07) is 4.60. The van der Waals surface area contributed by atoms with Crippen molar-refractivity contribution in [2.24, 2.45) is 0 Å². The third-order valence-corrected chi connectivity index (χ3v) is 1.99. The Morgan fingerprint density at radius 1 is 1.31 bits per heavy atom. The van der Waals surface area contributed by atoms with Gasteiger partial charge in [0.15, 0.2) is 0 Å². The van der Waals surface area contributed by atoms with Crippen molar-refractivity contribution in [3.63, 3.8) is 0 Å². The van der Waals surface area contributed by atoms with Crippen molar-refractivity contribution < 1.29 is 19.4 Å². The number of rotatable bonds is 4. The molecule has 1 aromatic rings. The number of carboxylic acids is 1. The summed E-state index contributed by atoms with van der Waals surface area (Å²) >= 11 is 0. The van der Waals surface area contributed by atoms with E-state index in [4.69, 9.17) is 9.84 Å². The van der Waals surface area contributed by atoms with Gasteiger partial charge in [0.25, 0.3) is 5.78 Å². The van der Waals surface area contributed by atoms with Crippen LogP contribution in [0, 0.1) is 6.92 Å². The number of carboxylic acid groups (broad SMARTS) is 1. The second-order valence-electron chi connectivity index (χ2n) is 3.78. The van der Waals surface area contributed by atoms with E-state index >= 15 is 0 Å². The molecule has 1 N–H and O–H groups in total. The van der Waals surface area contributed by atoms with Crippen LogP contribution in [0.2, 0.25) is 0 Å². The minimum absolute atomic E-state index is 0.0414. The number of ether oxygens (including phenoxy) is 1. The van der Waals surface area contributed by atoms with Gasteiger partial charge in [0, 0.05) is 5.56 Å². The molecule has 0 aromatic heterocycles. The van der Waals surface area contributed by atoms with Gasteiger partial charge < -0.3 is 9.84 Å². The zero-order chi connectivity index (χ0) is 12.3. The van der Waals surface area contributed by atoms with Crippen LogP contribution >= 0.6 is 0 Å². The number of benzene rings is 1. The van der Waals surface area contributed by atoms with Gasteiger partial charge in [-0.25, -0.2) is 4.79 Å². The second-order valence-corrected chi connectivity index (χ2v) is 3.78. The first-order valence-corrected chi connectivity index (χ1v) is 4.96. The van der Waals surface area contributed by atoms with Crippen molar-refractivity contribution in [1.29, 1.82) is 0 Å². The van der Waals surface area contributed by atoms with Crippen molar-refractivity contribution >= 4 is 11.8 Å². The Balaban J connectivity index is 2.99. The molecule has 0 bridgehead atoms. The summed E-state index contributed by atoms with van der Waals surface area (Å²) in [5, 5.41) is 8.56. The van der Waals surface area contributed by atoms with Gasteiger partial charge in [-0.2, -0.15) is 0 Å². The molecule has 4 heteroatoms. The number of hydrogen-bond donors (Lipinski definition) is 1. The largest absolute Gasteiger partial charge is 0.491 e. The monoisotopic (exact) mass is 222 g/mol. The molecule has 0 spiro atoms. The molecule has 0 aliphatic carbocycles. The van der Waals surface area contributed by atoms with Crippen molar-refractivity contribution in [3.8, 4) is 5.75 Å². The van der Waals surface area contributed by atoms with Crippen LogP contribution in [-0.2, 0) is 4.79 Å². The number of aryl methyl sites for hydroxylation is 1. The summed E-state index contributed by atoms with van der Waals surface area (Å²) in [4.78, 5) is 21.7. The Morgan fingerprint density at radius 2 is 1.94 bits per heavy atom. The van der Waals surface area contributed by atoms with Gasteiger partial charge in [0.2, 0.25) is 0 Å². The van der Waals surface area contributed by atoms with Gasteiger partial charge in [-0.05, 0) is 44.5 Å². The van der Waals surface area contributed by atoms with Crippen molar-refractivity contribution in [2.45, 2.75) is 26.9 Å². The highest BCUT2D eigenvalue weighted by atomic mass is 16.5. The van der Waals surface area contributed by atoms with Crippen LogP contribution < -0.4 is 4.74 Å². The van der Waals surface area contributed by atoms with Crippen LogP contribution in [-0.4, -0.2) is 23.0 Å². The standard InChI is InChI=1S/C12H14O4/c1-7(2)16-10-5-4-9(6-8(10)3)11(13)12(14)15/h4-7H,1-3H3,(H,14,15). The molecule has 0 atom stereocenters. The predicted octanol–water partition coefficient (Wildman–Crippen LogP) is 2.05. The summed E-state index contributed by atoms with van der Waals surface area (Å²) in [5.41, 5.74) is 0.918. The Labute approximate surface area is 93.9 Å². The summed E-state index contributed by atoms with van der Waals surface area (Å²) in [6.07, 6.45) is 0.0414. The highest BCUT2D eigenvalue weighted by molar-refractivity contribution is 6.39. The van der Waals surface area contributed by atoms with Crippen LogP contribution in [0.25, 0.3) is 0 Å². The minimum atomic E-state index is -1.45. The zero-order valence-corrected chi connectivity index (χ0v) is 9.48. The fourth-order valence-corrected chi connectivity index (χ4v) is 1.30. The molecule has 4 nitrogen and oxygen atoms in total. The van der Waals surface area contributed by atoms with Crippen LogP contribution in [0.15, 0.2) is 18.2 Å². The molecule has 1 aromatic carbocycles. The highest BCUT2D eigenvalue weighted by Crippen LogP contribution is 2.20. The number of carbonyl (C=O) groups is 2. The molecule has 0 aliphatic rings. The van der Waals surface area contributed by atoms with Crippen LogP contribution in [0.1, 0.15) is 29.8 Å². The fraction of sp³-hybridized carbons (Fsp3) is 0.333. The van der Waals surface area contributed by atoms with E-state index in [-0.39, 0.29) is 11.7 Å². The van der Waals surface area contributed by atoms with Crippen LogP contribution in [0.5, 0.6) is 5.75 Å². The number of aliphatic carboxylic acids is 1. The van der Waals surface area contributed by atoms with E-state index in [1.165, 1.54) is 12.1 Å². The van der Waals surface area contributed by atoms with Gasteiger partial charge in [-0.1, -0.05) is 0 Å². The summed E-state index contributed by atoms with van der Waals surface area (Å²) in [6.45, 7) is 5.57. The van der Waals surface area contributed by atoms with Crippen molar-refractivity contribution in [2.75, 3.05) is 0 Å². The first-order valence-electron chi connectivity index (χ1n) is 4.96. The number of ketones is 1. The average molecular weight is 222 g/mol. The quantitative estimate of drug-likeness (QED) is 0.625. The van der Waals surface area contributed by atoms with Gasteiger partial charge in [-0.3, -0.25) is 4.79 Å². The SMILES string of the molecule is Cc1cc(C(=O)C(=O)O)ccc1OC(C)C. The fourth-order valence-electron chi connectivity index (χ4n) is 1.30. The smallest absolute Gasteiger partial charge is 0.377 e. The maximum Gasteiger partial charge on any atom is 0.377 e. The van der Waals surface area contributed by atoms with E-state index in [2.05, 4.69) is 0 Å². The third kappa shape index (κ3) is 2.82. The maximum atomic E-state index is 11.2. The molecule has 16 heavy (non-hydrogen) atoms. The Morgan fingerprint density at radius 3 is 2.38 bits per heavy atom. The van der Waals surface area contributed by atoms with E-state index in [9.17, 15) is 9.59 Å². The normalized spacial score (nSPS) is 10.2. The Kier molecular flexibility index (Phi) is 3.66. The van der Waals surface area contributed by atoms with Crippen molar-refractivity contribution in [3.05, 3.63) is 29.3 Å². The van der Waals surface area contributed by atoms with E-state index in [0.29, 0.717) is 5.75 Å². The maximum absolute atomic E-state index is 11.2. The molecule has 0 saturated carbocycles. The average Bonchev–Trinajstić information content (AvgIpc) is 2.19. The Bertz CT molecular complexity index is 421. The lowest BCUT2D eigenvalue weighted by Gasteiger charge is -2.12. The van der Waals surface area contributed by atoms with Gasteiger partial charge in [0.1, 0.15) is 5.75 Å². The lowest BCUT2D eigenvalue weighted by atomic mass is 10.1. The topological polar surface area (TPSA) is 63.6 Å². The first kappa shape index (κ1) is 12.2. The van der Waals surface area contributed by atoms with Crippen LogP contribution in [0.4, 0.5) is 0 Å². The summed E-state index contributed by atoms with van der Waals surface area (Å²) in [5.74, 6) is -1.69. The molecule has 0 unspecified atom stereocenters. The molecular weight excluding hydrogens is 208 g/mol. The third-order valence-electron chi connectivity index (χ3n) is 1.99. The first-order chi connectivity index (χ1) is 7.41. The van der Waals surface area contributed by atoms with E-state index in [1.54, 1.807) is 13.0 Å². The molecule has 0 aliphatic heterocycles. The van der Waals surface area contributed by atoms with Gasteiger partial charge in [-0.15, -0.1) is 0 Å². The number of hydrogen-bond acceptors (Lipinski definition) is 3. The summed E-state index contributed by atoms with van der Waals surface area (Å²) in [7, 11) is 0. The van der Waals surface area contributed by atoms with Gasteiger partial charge >= 0.3 is 5.97 Å². The molecule has 1 rings (SSSR count). The zero-order valence-electron chi connectivity index (χ0n) is 9.48. The van der Waals surface area contributed by atoms with Gasteiger partial charge in [0.05, 0.1) is 6.10 Å². The molecule has 0 amide bonds. The number of carbonyl (C=O) groups excluding carboxylic acids is 1. The van der Waals surface area contributed by atoms with E-state index in [1.807, 2.05) is 13.8 Å². The molecule has 0 saturated heterocycles. The summed E-state index contributed by atoms with van der Waals surface area (Å²) < 4.78 is 5.48. The minimum Gasteiger partial charge on any atom is -0.491 e.